The lowest BCUT2D eigenvalue weighted by atomic mass is 10.2. The maximum absolute atomic E-state index is 12.8. The molecule has 2 rings (SSSR count). The number of halogens is 4. The number of hydrogen-bond acceptors (Lipinski definition) is 5. The number of pyridine rings is 1. The summed E-state index contributed by atoms with van der Waals surface area (Å²) in [5.74, 6) is -0.00847. The summed E-state index contributed by atoms with van der Waals surface area (Å²) in [7, 11) is 5.11. The van der Waals surface area contributed by atoms with E-state index in [0.717, 1.165) is 17.3 Å². The molecule has 0 aliphatic rings. The van der Waals surface area contributed by atoms with Crippen LogP contribution in [0.4, 0.5) is 19.0 Å². The van der Waals surface area contributed by atoms with Gasteiger partial charge in [-0.3, -0.25) is 9.80 Å². The first-order chi connectivity index (χ1) is 12.6. The van der Waals surface area contributed by atoms with E-state index >= 15 is 0 Å². The monoisotopic (exact) mass is 399 g/mol. The highest BCUT2D eigenvalue weighted by Gasteiger charge is 2.32. The van der Waals surface area contributed by atoms with Crippen LogP contribution in [0.25, 0.3) is 6.08 Å². The molecule has 1 N–H and O–H groups in total. The van der Waals surface area contributed by atoms with Crippen LogP contribution in [0.2, 0.25) is 5.02 Å². The molecule has 0 aliphatic heterocycles. The van der Waals surface area contributed by atoms with Crippen molar-refractivity contribution in [2.24, 2.45) is 0 Å². The Hall–Kier alpha value is -2.90. The van der Waals surface area contributed by atoms with E-state index in [0.29, 0.717) is 6.20 Å². The molecule has 2 aromatic heterocycles. The van der Waals surface area contributed by atoms with E-state index in [2.05, 4.69) is 9.97 Å². The zero-order valence-electron chi connectivity index (χ0n) is 14.5. The second kappa shape index (κ2) is 7.77. The van der Waals surface area contributed by atoms with E-state index in [1.165, 1.54) is 22.8 Å². The fourth-order valence-corrected chi connectivity index (χ4v) is 2.42. The first kappa shape index (κ1) is 20.4. The molecule has 0 fully saturated rings. The van der Waals surface area contributed by atoms with Gasteiger partial charge in [0.05, 0.1) is 36.6 Å². The van der Waals surface area contributed by atoms with Gasteiger partial charge in [0.1, 0.15) is 18.0 Å². The summed E-state index contributed by atoms with van der Waals surface area (Å²) in [6, 6.07) is 2.54. The molecular weight excluding hydrogens is 385 g/mol. The van der Waals surface area contributed by atoms with Crippen LogP contribution in [0.15, 0.2) is 29.6 Å². The van der Waals surface area contributed by atoms with Gasteiger partial charge in [-0.1, -0.05) is 11.6 Å². The third-order valence-electron chi connectivity index (χ3n) is 3.47. The normalized spacial score (nSPS) is 11.8. The van der Waals surface area contributed by atoms with Crippen LogP contribution in [-0.2, 0) is 6.18 Å². The van der Waals surface area contributed by atoms with Gasteiger partial charge < -0.3 is 4.90 Å². The van der Waals surface area contributed by atoms with E-state index in [4.69, 9.17) is 11.6 Å². The van der Waals surface area contributed by atoms with Crippen molar-refractivity contribution in [1.29, 1.82) is 5.26 Å². The highest BCUT2D eigenvalue weighted by molar-refractivity contribution is 6.33. The summed E-state index contributed by atoms with van der Waals surface area (Å²) >= 11 is 5.98. The van der Waals surface area contributed by atoms with Crippen LogP contribution in [0.5, 0.6) is 0 Å². The molecule has 0 bridgehead atoms. The van der Waals surface area contributed by atoms with Gasteiger partial charge in [-0.25, -0.2) is 9.66 Å². The molecule has 2 aromatic rings. The first-order valence-electron chi connectivity index (χ1n) is 7.53. The molecule has 0 saturated carbocycles. The Balaban J connectivity index is 2.61. The summed E-state index contributed by atoms with van der Waals surface area (Å²) in [5, 5.41) is 10.3. The highest BCUT2D eigenvalue weighted by atomic mass is 35.5. The maximum atomic E-state index is 12.8. The van der Waals surface area contributed by atoms with Crippen molar-refractivity contribution in [2.45, 2.75) is 6.18 Å². The van der Waals surface area contributed by atoms with E-state index < -0.39 is 17.3 Å². The summed E-state index contributed by atoms with van der Waals surface area (Å²) in [6.07, 6.45) is 0.429. The number of hydrogen-bond donors (Lipinski definition) is 1. The molecule has 142 valence electrons. The molecule has 0 atom stereocenters. The molecular formula is C16H15ClF3N6O+. The Labute approximate surface area is 157 Å². The number of nitrogens with one attached hydrogen (secondary N) is 1. The molecule has 7 nitrogen and oxygen atoms in total. The minimum atomic E-state index is -4.58. The molecule has 11 heteroatoms. The summed E-state index contributed by atoms with van der Waals surface area (Å²) in [4.78, 5) is 20.2. The van der Waals surface area contributed by atoms with E-state index in [9.17, 15) is 23.2 Å². The summed E-state index contributed by atoms with van der Waals surface area (Å²) in [5.41, 5.74) is -1.73. The van der Waals surface area contributed by atoms with E-state index in [1.54, 1.807) is 12.3 Å². The second-order valence-corrected chi connectivity index (χ2v) is 6.14. The average molecular weight is 400 g/mol. The molecule has 0 saturated heterocycles. The van der Waals surface area contributed by atoms with Gasteiger partial charge in [0, 0.05) is 19.3 Å². The van der Waals surface area contributed by atoms with Gasteiger partial charge in [0.25, 0.3) is 5.56 Å². The smallest absolute Gasteiger partial charge is 0.313 e. The van der Waals surface area contributed by atoms with E-state index in [1.807, 2.05) is 14.1 Å². The third-order valence-corrected chi connectivity index (χ3v) is 3.74. The van der Waals surface area contributed by atoms with Gasteiger partial charge in [-0.2, -0.15) is 23.4 Å². The fraction of sp³-hybridized carbons (Fsp3) is 0.250. The lowest BCUT2D eigenvalue weighted by molar-refractivity contribution is -0.800. The van der Waals surface area contributed by atoms with E-state index in [-0.39, 0.29) is 22.1 Å². The minimum Gasteiger partial charge on any atom is -0.313 e. The zero-order valence-corrected chi connectivity index (χ0v) is 15.3. The van der Waals surface area contributed by atoms with Crippen LogP contribution in [-0.4, -0.2) is 35.8 Å². The largest absolute Gasteiger partial charge is 0.417 e. The molecule has 0 aromatic carbocycles. The van der Waals surface area contributed by atoms with Crippen LogP contribution in [0.3, 0.4) is 0 Å². The SMILES string of the molecule is CN(c1ncc(C(F)(F)F)cc1Cl)n1cnc(=O)c(C#N)c1/C=C/[NH+](C)C. The van der Waals surface area contributed by atoms with Crippen LogP contribution < -0.4 is 15.5 Å². The molecule has 0 spiro atoms. The molecule has 0 aliphatic carbocycles. The van der Waals surface area contributed by atoms with Crippen LogP contribution in [0.1, 0.15) is 16.8 Å². The number of nitriles is 1. The van der Waals surface area contributed by atoms with Crippen LogP contribution >= 0.6 is 11.6 Å². The van der Waals surface area contributed by atoms with Crippen molar-refractivity contribution < 1.29 is 18.1 Å². The van der Waals surface area contributed by atoms with Gasteiger partial charge in [-0.15, -0.1) is 0 Å². The molecule has 27 heavy (non-hydrogen) atoms. The Kier molecular flexibility index (Phi) is 5.88. The van der Waals surface area contributed by atoms with Gasteiger partial charge in [0.2, 0.25) is 0 Å². The Morgan fingerprint density at radius 3 is 2.56 bits per heavy atom. The first-order valence-corrected chi connectivity index (χ1v) is 7.90. The topological polar surface area (TPSA) is 79.2 Å². The predicted octanol–water partition coefficient (Wildman–Crippen LogP) is 1.20. The lowest BCUT2D eigenvalue weighted by Crippen LogP contribution is -3.00. The van der Waals surface area contributed by atoms with Gasteiger partial charge in [-0.05, 0) is 6.07 Å². The number of alkyl halides is 3. The maximum Gasteiger partial charge on any atom is 0.417 e. The van der Waals surface area contributed by atoms with Crippen molar-refractivity contribution in [1.82, 2.24) is 14.6 Å². The molecule has 0 radical (unpaired) electrons. The fourth-order valence-electron chi connectivity index (χ4n) is 2.13. The zero-order chi connectivity index (χ0) is 20.4. The van der Waals surface area contributed by atoms with Gasteiger partial charge >= 0.3 is 6.18 Å². The lowest BCUT2D eigenvalue weighted by Gasteiger charge is -2.24. The second-order valence-electron chi connectivity index (χ2n) is 5.73. The van der Waals surface area contributed by atoms with Gasteiger partial charge in [0.15, 0.2) is 5.82 Å². The van der Waals surface area contributed by atoms with Crippen molar-refractivity contribution >= 4 is 23.5 Å². The Morgan fingerprint density at radius 1 is 1.37 bits per heavy atom. The quantitative estimate of drug-likeness (QED) is 0.835. The minimum absolute atomic E-state index is 0.00847. The number of rotatable bonds is 4. The Bertz CT molecular complexity index is 978. The number of nitrogens with zero attached hydrogens (tertiary/aromatic N) is 5. The van der Waals surface area contributed by atoms with Crippen molar-refractivity contribution in [3.05, 3.63) is 57.0 Å². The number of anilines is 1. The molecule has 0 unspecified atom stereocenters. The third kappa shape index (κ3) is 4.45. The number of aromatic nitrogens is 3. The summed E-state index contributed by atoms with van der Waals surface area (Å²) < 4.78 is 39.7. The van der Waals surface area contributed by atoms with Crippen molar-refractivity contribution in [3.8, 4) is 6.07 Å². The standard InChI is InChI=1S/C16H14ClF3N6O/c1-24(2)5-4-13-11(7-21)15(27)23-9-26(13)25(3)14-12(17)6-10(8-22-14)16(18,19)20/h4-6,8-9H,1-3H3/p+1/b5-4+. The van der Waals surface area contributed by atoms with Crippen LogP contribution in [0, 0.1) is 11.3 Å². The molecule has 2 heterocycles. The average Bonchev–Trinajstić information content (AvgIpc) is 2.58. The summed E-state index contributed by atoms with van der Waals surface area (Å²) in [6.45, 7) is 0. The predicted molar refractivity (Wildman–Crippen MR) is 93.1 cm³/mol. The molecule has 0 amide bonds. The van der Waals surface area contributed by atoms with Crippen molar-refractivity contribution in [2.75, 3.05) is 26.2 Å². The van der Waals surface area contributed by atoms with Crippen molar-refractivity contribution in [3.63, 3.8) is 0 Å². The number of quaternary nitrogens is 1. The Morgan fingerprint density at radius 2 is 2.04 bits per heavy atom. The highest BCUT2D eigenvalue weighted by Crippen LogP contribution is 2.33.